The van der Waals surface area contributed by atoms with Crippen LogP contribution in [0.5, 0.6) is 5.75 Å². The predicted octanol–water partition coefficient (Wildman–Crippen LogP) is 3.32. The minimum atomic E-state index is -0.709. The third kappa shape index (κ3) is 4.22. The summed E-state index contributed by atoms with van der Waals surface area (Å²) in [6.07, 6.45) is 1.65. The van der Waals surface area contributed by atoms with Crippen LogP contribution in [0.15, 0.2) is 72.8 Å². The molecule has 0 aliphatic carbocycles. The molecule has 2 aromatic rings. The number of carbonyl (C=O) groups is 2. The first-order chi connectivity index (χ1) is 14.1. The van der Waals surface area contributed by atoms with Crippen LogP contribution in [-0.2, 0) is 14.3 Å². The molecule has 1 amide bonds. The number of hydrogen-bond acceptors (Lipinski definition) is 5. The van der Waals surface area contributed by atoms with Crippen molar-refractivity contribution in [3.05, 3.63) is 84.0 Å². The first-order valence-corrected chi connectivity index (χ1v) is 9.25. The molecule has 0 aromatic heterocycles. The second-order valence-electron chi connectivity index (χ2n) is 6.52. The van der Waals surface area contributed by atoms with Gasteiger partial charge in [-0.05, 0) is 17.7 Å². The second-order valence-corrected chi connectivity index (χ2v) is 6.52. The lowest BCUT2D eigenvalue weighted by molar-refractivity contribution is -0.140. The fourth-order valence-corrected chi connectivity index (χ4v) is 3.30. The molecule has 0 saturated carbocycles. The summed E-state index contributed by atoms with van der Waals surface area (Å²) < 4.78 is 10.6. The van der Waals surface area contributed by atoms with Crippen molar-refractivity contribution in [2.45, 2.75) is 6.04 Å². The summed E-state index contributed by atoms with van der Waals surface area (Å²) in [5, 5.41) is 10.9. The number of methoxy groups -OCH3 is 1. The van der Waals surface area contributed by atoms with E-state index in [1.54, 1.807) is 54.6 Å². The van der Waals surface area contributed by atoms with Gasteiger partial charge in [-0.15, -0.1) is 0 Å². The van der Waals surface area contributed by atoms with Crippen LogP contribution in [0.25, 0.3) is 5.76 Å². The van der Waals surface area contributed by atoms with E-state index in [1.807, 2.05) is 6.07 Å². The van der Waals surface area contributed by atoms with Gasteiger partial charge in [0.2, 0.25) is 0 Å². The van der Waals surface area contributed by atoms with Crippen molar-refractivity contribution < 1.29 is 24.2 Å². The highest BCUT2D eigenvalue weighted by Gasteiger charge is 2.45. The Hall–Kier alpha value is -3.38. The van der Waals surface area contributed by atoms with Crippen LogP contribution in [0.1, 0.15) is 17.2 Å². The SMILES string of the molecule is C=CCOc1ccc([C@H]2/C(=C(\O)c3ccccc3)C(=O)C(=O)N2CCOC)cc1. The van der Waals surface area contributed by atoms with Crippen LogP contribution >= 0.6 is 0 Å². The molecule has 1 N–H and O–H groups in total. The van der Waals surface area contributed by atoms with Crippen LogP contribution < -0.4 is 4.74 Å². The van der Waals surface area contributed by atoms with Crippen molar-refractivity contribution in [3.8, 4) is 5.75 Å². The largest absolute Gasteiger partial charge is 0.507 e. The van der Waals surface area contributed by atoms with Crippen molar-refractivity contribution in [2.75, 3.05) is 26.9 Å². The monoisotopic (exact) mass is 393 g/mol. The van der Waals surface area contributed by atoms with Gasteiger partial charge in [0.25, 0.3) is 11.7 Å². The number of amides is 1. The number of carbonyl (C=O) groups excluding carboxylic acids is 2. The molecule has 6 heteroatoms. The maximum Gasteiger partial charge on any atom is 0.295 e. The lowest BCUT2D eigenvalue weighted by atomic mass is 9.95. The van der Waals surface area contributed by atoms with Gasteiger partial charge in [0.1, 0.15) is 18.1 Å². The summed E-state index contributed by atoms with van der Waals surface area (Å²) in [5.74, 6) is -0.914. The van der Waals surface area contributed by atoms with E-state index >= 15 is 0 Å². The number of aliphatic hydroxyl groups excluding tert-OH is 1. The number of benzene rings is 2. The lowest BCUT2D eigenvalue weighted by Crippen LogP contribution is -2.32. The number of likely N-dealkylation sites (tertiary alicyclic amines) is 1. The van der Waals surface area contributed by atoms with E-state index in [1.165, 1.54) is 12.0 Å². The van der Waals surface area contributed by atoms with E-state index < -0.39 is 17.7 Å². The predicted molar refractivity (Wildman–Crippen MR) is 109 cm³/mol. The molecule has 2 aromatic carbocycles. The molecule has 6 nitrogen and oxygen atoms in total. The van der Waals surface area contributed by atoms with Crippen molar-refractivity contribution >= 4 is 17.4 Å². The summed E-state index contributed by atoms with van der Waals surface area (Å²) in [7, 11) is 1.53. The summed E-state index contributed by atoms with van der Waals surface area (Å²) in [6, 6.07) is 15.1. The van der Waals surface area contributed by atoms with E-state index in [0.29, 0.717) is 23.5 Å². The summed E-state index contributed by atoms with van der Waals surface area (Å²) in [4.78, 5) is 26.9. The van der Waals surface area contributed by atoms with Crippen LogP contribution in [-0.4, -0.2) is 48.6 Å². The van der Waals surface area contributed by atoms with E-state index in [-0.39, 0.29) is 24.5 Å². The Morgan fingerprint density at radius 3 is 2.45 bits per heavy atom. The third-order valence-corrected chi connectivity index (χ3v) is 4.69. The highest BCUT2D eigenvalue weighted by molar-refractivity contribution is 6.46. The highest BCUT2D eigenvalue weighted by atomic mass is 16.5. The topological polar surface area (TPSA) is 76.1 Å². The molecule has 1 aliphatic heterocycles. The Bertz CT molecular complexity index is 918. The number of ketones is 1. The number of nitrogens with zero attached hydrogens (tertiary/aromatic N) is 1. The molecule has 1 heterocycles. The Labute approximate surface area is 169 Å². The fourth-order valence-electron chi connectivity index (χ4n) is 3.30. The van der Waals surface area contributed by atoms with Crippen molar-refractivity contribution in [2.24, 2.45) is 0 Å². The number of rotatable bonds is 8. The molecule has 0 radical (unpaired) electrons. The maximum absolute atomic E-state index is 12.8. The van der Waals surface area contributed by atoms with E-state index in [9.17, 15) is 14.7 Å². The number of hydrogen-bond donors (Lipinski definition) is 1. The summed E-state index contributed by atoms with van der Waals surface area (Å²) >= 11 is 0. The molecule has 0 spiro atoms. The minimum absolute atomic E-state index is 0.0667. The van der Waals surface area contributed by atoms with Gasteiger partial charge >= 0.3 is 0 Å². The van der Waals surface area contributed by atoms with E-state index in [2.05, 4.69) is 6.58 Å². The zero-order valence-corrected chi connectivity index (χ0v) is 16.2. The normalized spacial score (nSPS) is 18.1. The second kappa shape index (κ2) is 9.21. The van der Waals surface area contributed by atoms with Gasteiger partial charge in [-0.3, -0.25) is 9.59 Å². The third-order valence-electron chi connectivity index (χ3n) is 4.69. The molecule has 150 valence electrons. The molecule has 0 unspecified atom stereocenters. The van der Waals surface area contributed by atoms with Crippen LogP contribution in [0.3, 0.4) is 0 Å². The van der Waals surface area contributed by atoms with Crippen molar-refractivity contribution in [1.29, 1.82) is 0 Å². The Balaban J connectivity index is 2.06. The zero-order chi connectivity index (χ0) is 20.8. The molecular formula is C23H23NO5. The molecule has 3 rings (SSSR count). The Kier molecular flexibility index (Phi) is 6.46. The van der Waals surface area contributed by atoms with E-state index in [4.69, 9.17) is 9.47 Å². The quantitative estimate of drug-likeness (QED) is 0.322. The summed E-state index contributed by atoms with van der Waals surface area (Å²) in [5.41, 5.74) is 1.24. The van der Waals surface area contributed by atoms with E-state index in [0.717, 1.165) is 0 Å². The Morgan fingerprint density at radius 2 is 1.83 bits per heavy atom. The Morgan fingerprint density at radius 1 is 1.14 bits per heavy atom. The first kappa shape index (κ1) is 20.4. The first-order valence-electron chi connectivity index (χ1n) is 9.25. The van der Waals surface area contributed by atoms with Gasteiger partial charge in [-0.1, -0.05) is 55.1 Å². The average Bonchev–Trinajstić information content (AvgIpc) is 3.01. The standard InChI is InChI=1S/C23H23NO5/c1-3-14-29-18-11-9-16(10-12-18)20-19(21(25)17-7-5-4-6-8-17)22(26)23(27)24(20)13-15-28-2/h3-12,20,25H,1,13-15H2,2H3/b21-19+/t20-/m0/s1. The number of aliphatic hydroxyl groups is 1. The lowest BCUT2D eigenvalue weighted by Gasteiger charge is -2.25. The molecule has 29 heavy (non-hydrogen) atoms. The maximum atomic E-state index is 12.8. The van der Waals surface area contributed by atoms with Gasteiger partial charge in [0.05, 0.1) is 18.2 Å². The molecule has 1 aliphatic rings. The molecule has 0 bridgehead atoms. The highest BCUT2D eigenvalue weighted by Crippen LogP contribution is 2.39. The smallest absolute Gasteiger partial charge is 0.295 e. The van der Waals surface area contributed by atoms with Crippen molar-refractivity contribution in [1.82, 2.24) is 4.90 Å². The average molecular weight is 393 g/mol. The zero-order valence-electron chi connectivity index (χ0n) is 16.2. The van der Waals surface area contributed by atoms with Gasteiger partial charge in [0.15, 0.2) is 0 Å². The fraction of sp³-hybridized carbons (Fsp3) is 0.217. The molecular weight excluding hydrogens is 370 g/mol. The van der Waals surface area contributed by atoms with Crippen LogP contribution in [0.4, 0.5) is 0 Å². The van der Waals surface area contributed by atoms with Crippen molar-refractivity contribution in [3.63, 3.8) is 0 Å². The van der Waals surface area contributed by atoms with Gasteiger partial charge < -0.3 is 19.5 Å². The van der Waals surface area contributed by atoms with Gasteiger partial charge in [-0.2, -0.15) is 0 Å². The number of ether oxygens (including phenoxy) is 2. The van der Waals surface area contributed by atoms with Crippen LogP contribution in [0.2, 0.25) is 0 Å². The molecule has 1 fully saturated rings. The van der Waals surface area contributed by atoms with Crippen LogP contribution in [0, 0.1) is 0 Å². The number of Topliss-reactive ketones (excluding diaryl/α,β-unsaturated/α-hetero) is 1. The summed E-state index contributed by atoms with van der Waals surface area (Å²) in [6.45, 7) is 4.49. The van der Waals surface area contributed by atoms with Gasteiger partial charge in [0, 0.05) is 19.2 Å². The van der Waals surface area contributed by atoms with Gasteiger partial charge in [-0.25, -0.2) is 0 Å². The molecule has 1 atom stereocenters. The molecule has 1 saturated heterocycles. The minimum Gasteiger partial charge on any atom is -0.507 e.